The predicted octanol–water partition coefficient (Wildman–Crippen LogP) is 4.18. The molecule has 108 valence electrons. The quantitative estimate of drug-likeness (QED) is 0.920. The van der Waals surface area contributed by atoms with Crippen molar-refractivity contribution in [3.63, 3.8) is 0 Å². The Bertz CT molecular complexity index is 592. The molecule has 0 amide bonds. The van der Waals surface area contributed by atoms with Crippen molar-refractivity contribution in [1.82, 2.24) is 15.5 Å². The van der Waals surface area contributed by atoms with Crippen LogP contribution in [0.1, 0.15) is 31.3 Å². The van der Waals surface area contributed by atoms with Crippen molar-refractivity contribution in [2.75, 3.05) is 0 Å². The van der Waals surface area contributed by atoms with E-state index < -0.39 is 0 Å². The number of aromatic nitrogens is 2. The molecule has 2 aromatic rings. The first-order valence-corrected chi connectivity index (χ1v) is 7.54. The van der Waals surface area contributed by atoms with Gasteiger partial charge in [-0.3, -0.25) is 0 Å². The van der Waals surface area contributed by atoms with E-state index in [-0.39, 0.29) is 5.54 Å². The molecule has 1 heterocycles. The van der Waals surface area contributed by atoms with Crippen LogP contribution >= 0.6 is 22.9 Å². The lowest BCUT2D eigenvalue weighted by Gasteiger charge is -2.19. The third kappa shape index (κ3) is 4.44. The summed E-state index contributed by atoms with van der Waals surface area (Å²) in [7, 11) is 0. The fourth-order valence-electron chi connectivity index (χ4n) is 1.47. The molecule has 20 heavy (non-hydrogen) atoms. The van der Waals surface area contributed by atoms with Gasteiger partial charge in [0.2, 0.25) is 0 Å². The lowest BCUT2D eigenvalue weighted by Crippen LogP contribution is -2.35. The first-order chi connectivity index (χ1) is 9.33. The fraction of sp³-hybridized carbons (Fsp3) is 0.429. The molecule has 1 N–H and O–H groups in total. The van der Waals surface area contributed by atoms with Crippen LogP contribution in [0.4, 0.5) is 0 Å². The van der Waals surface area contributed by atoms with Gasteiger partial charge in [0.05, 0.1) is 11.6 Å². The highest BCUT2D eigenvalue weighted by Gasteiger charge is 2.12. The number of ether oxygens (including phenoxy) is 1. The van der Waals surface area contributed by atoms with E-state index in [0.717, 1.165) is 10.6 Å². The van der Waals surface area contributed by atoms with Crippen LogP contribution in [-0.2, 0) is 6.54 Å². The highest BCUT2D eigenvalue weighted by Crippen LogP contribution is 2.31. The van der Waals surface area contributed by atoms with Gasteiger partial charge in [-0.2, -0.15) is 0 Å². The zero-order valence-corrected chi connectivity index (χ0v) is 13.6. The Labute approximate surface area is 128 Å². The number of nitrogens with one attached hydrogen (secondary N) is 1. The molecular formula is C14H18ClN3OS. The maximum absolute atomic E-state index is 6.09. The molecule has 0 aliphatic heterocycles. The SMILES string of the molecule is Cc1ccc(Cl)c(Oc2nnc(CNC(C)(C)C)s2)c1. The monoisotopic (exact) mass is 311 g/mol. The van der Waals surface area contributed by atoms with Gasteiger partial charge in [0.25, 0.3) is 5.19 Å². The minimum absolute atomic E-state index is 0.0482. The van der Waals surface area contributed by atoms with Gasteiger partial charge in [-0.1, -0.05) is 34.1 Å². The van der Waals surface area contributed by atoms with Crippen molar-refractivity contribution in [2.45, 2.75) is 39.8 Å². The molecule has 0 fully saturated rings. The first kappa shape index (κ1) is 15.2. The van der Waals surface area contributed by atoms with Gasteiger partial charge < -0.3 is 10.1 Å². The number of aryl methyl sites for hydroxylation is 1. The number of benzene rings is 1. The summed E-state index contributed by atoms with van der Waals surface area (Å²) in [5, 5.41) is 13.5. The second kappa shape index (κ2) is 6.08. The Balaban J connectivity index is 2.04. The van der Waals surface area contributed by atoms with Gasteiger partial charge in [0, 0.05) is 5.54 Å². The van der Waals surface area contributed by atoms with E-state index in [1.807, 2.05) is 25.1 Å². The predicted molar refractivity (Wildman–Crippen MR) is 82.8 cm³/mol. The van der Waals surface area contributed by atoms with Crippen LogP contribution < -0.4 is 10.1 Å². The summed E-state index contributed by atoms with van der Waals surface area (Å²) in [6.07, 6.45) is 0. The largest absolute Gasteiger partial charge is 0.428 e. The molecule has 0 aliphatic carbocycles. The molecule has 0 saturated heterocycles. The van der Waals surface area contributed by atoms with Crippen LogP contribution in [0.15, 0.2) is 18.2 Å². The van der Waals surface area contributed by atoms with Gasteiger partial charge >= 0.3 is 0 Å². The van der Waals surface area contributed by atoms with Crippen molar-refractivity contribution >= 4 is 22.9 Å². The first-order valence-electron chi connectivity index (χ1n) is 6.35. The van der Waals surface area contributed by atoms with Crippen molar-refractivity contribution in [3.8, 4) is 10.9 Å². The van der Waals surface area contributed by atoms with Gasteiger partial charge in [-0.15, -0.1) is 5.10 Å². The Morgan fingerprint density at radius 3 is 2.75 bits per heavy atom. The van der Waals surface area contributed by atoms with Crippen molar-refractivity contribution in [3.05, 3.63) is 33.8 Å². The van der Waals surface area contributed by atoms with Gasteiger partial charge in [-0.25, -0.2) is 0 Å². The third-order valence-corrected chi connectivity index (χ3v) is 3.62. The standard InChI is InChI=1S/C14H18ClN3OS/c1-9-5-6-10(15)11(7-9)19-13-18-17-12(20-13)8-16-14(2,3)4/h5-7,16H,8H2,1-4H3. The van der Waals surface area contributed by atoms with E-state index in [1.54, 1.807) is 0 Å². The average molecular weight is 312 g/mol. The normalized spacial score (nSPS) is 11.7. The van der Waals surface area contributed by atoms with Crippen LogP contribution in [0.5, 0.6) is 10.9 Å². The van der Waals surface area contributed by atoms with Crippen LogP contribution in [0.3, 0.4) is 0 Å². The average Bonchev–Trinajstić information content (AvgIpc) is 2.78. The molecule has 0 unspecified atom stereocenters. The minimum Gasteiger partial charge on any atom is -0.428 e. The summed E-state index contributed by atoms with van der Waals surface area (Å²) in [5.74, 6) is 0.609. The summed E-state index contributed by atoms with van der Waals surface area (Å²) >= 11 is 7.51. The summed E-state index contributed by atoms with van der Waals surface area (Å²) in [6.45, 7) is 8.99. The zero-order chi connectivity index (χ0) is 14.8. The smallest absolute Gasteiger partial charge is 0.299 e. The molecule has 0 aliphatic rings. The lowest BCUT2D eigenvalue weighted by atomic mass is 10.1. The Morgan fingerprint density at radius 1 is 1.30 bits per heavy atom. The molecule has 4 nitrogen and oxygen atoms in total. The van der Waals surface area contributed by atoms with Crippen LogP contribution in [0, 0.1) is 6.92 Å². The number of nitrogens with zero attached hydrogens (tertiary/aromatic N) is 2. The summed E-state index contributed by atoms with van der Waals surface area (Å²) in [4.78, 5) is 0. The van der Waals surface area contributed by atoms with Crippen LogP contribution in [0.2, 0.25) is 5.02 Å². The van der Waals surface area contributed by atoms with Gasteiger partial charge in [0.15, 0.2) is 0 Å². The molecule has 1 aromatic heterocycles. The van der Waals surface area contributed by atoms with E-state index >= 15 is 0 Å². The molecule has 0 spiro atoms. The van der Waals surface area contributed by atoms with Crippen molar-refractivity contribution < 1.29 is 4.74 Å². The number of hydrogen-bond acceptors (Lipinski definition) is 5. The molecule has 1 aromatic carbocycles. The van der Waals surface area contributed by atoms with E-state index in [1.165, 1.54) is 11.3 Å². The number of hydrogen-bond donors (Lipinski definition) is 1. The Kier molecular flexibility index (Phi) is 4.62. The van der Waals surface area contributed by atoms with E-state index in [2.05, 4.69) is 36.3 Å². The fourth-order valence-corrected chi connectivity index (χ4v) is 2.27. The molecule has 0 saturated carbocycles. The highest BCUT2D eigenvalue weighted by molar-refractivity contribution is 7.13. The zero-order valence-electron chi connectivity index (χ0n) is 12.0. The minimum atomic E-state index is 0.0482. The third-order valence-electron chi connectivity index (χ3n) is 2.50. The number of halogens is 1. The number of rotatable bonds is 4. The summed E-state index contributed by atoms with van der Waals surface area (Å²) < 4.78 is 5.69. The Hall–Kier alpha value is -1.17. The van der Waals surface area contributed by atoms with Gasteiger partial charge in [0.1, 0.15) is 10.8 Å². The Morgan fingerprint density at radius 2 is 2.05 bits per heavy atom. The van der Waals surface area contributed by atoms with Crippen molar-refractivity contribution in [2.24, 2.45) is 0 Å². The highest BCUT2D eigenvalue weighted by atomic mass is 35.5. The van der Waals surface area contributed by atoms with E-state index in [4.69, 9.17) is 16.3 Å². The maximum atomic E-state index is 6.09. The topological polar surface area (TPSA) is 47.0 Å². The summed E-state index contributed by atoms with van der Waals surface area (Å²) in [6, 6.07) is 5.64. The molecular weight excluding hydrogens is 294 g/mol. The molecule has 2 rings (SSSR count). The lowest BCUT2D eigenvalue weighted by molar-refractivity contribution is 0.423. The van der Waals surface area contributed by atoms with Crippen LogP contribution in [0.25, 0.3) is 0 Å². The van der Waals surface area contributed by atoms with E-state index in [9.17, 15) is 0 Å². The second-order valence-electron chi connectivity index (χ2n) is 5.60. The molecule has 0 radical (unpaired) electrons. The molecule has 0 atom stereocenters. The van der Waals surface area contributed by atoms with Crippen molar-refractivity contribution in [1.29, 1.82) is 0 Å². The van der Waals surface area contributed by atoms with E-state index in [0.29, 0.717) is 22.5 Å². The van der Waals surface area contributed by atoms with Gasteiger partial charge in [-0.05, 0) is 45.4 Å². The summed E-state index contributed by atoms with van der Waals surface area (Å²) in [5.41, 5.74) is 1.13. The second-order valence-corrected chi connectivity index (χ2v) is 7.03. The van der Waals surface area contributed by atoms with Crippen LogP contribution in [-0.4, -0.2) is 15.7 Å². The maximum Gasteiger partial charge on any atom is 0.299 e. The molecule has 6 heteroatoms. The molecule has 0 bridgehead atoms.